The lowest BCUT2D eigenvalue weighted by Gasteiger charge is -2.09. The fourth-order valence-electron chi connectivity index (χ4n) is 2.53. The first-order chi connectivity index (χ1) is 11.4. The molecule has 0 aliphatic carbocycles. The van der Waals surface area contributed by atoms with E-state index in [1.54, 1.807) is 31.2 Å². The molecule has 24 heavy (non-hydrogen) atoms. The molecule has 3 nitrogen and oxygen atoms in total. The van der Waals surface area contributed by atoms with Crippen molar-refractivity contribution in [2.24, 2.45) is 0 Å². The molecule has 0 fully saturated rings. The number of rotatable bonds is 2. The van der Waals surface area contributed by atoms with E-state index in [4.69, 9.17) is 0 Å². The fourth-order valence-corrected chi connectivity index (χ4v) is 2.53. The van der Waals surface area contributed by atoms with Gasteiger partial charge < -0.3 is 4.98 Å². The van der Waals surface area contributed by atoms with Crippen LogP contribution < -0.4 is 5.69 Å². The maximum absolute atomic E-state index is 12.8. The second-order valence-electron chi connectivity index (χ2n) is 5.25. The molecule has 0 saturated heterocycles. The van der Waals surface area contributed by atoms with Gasteiger partial charge in [-0.1, -0.05) is 24.1 Å². The monoisotopic (exact) mass is 330 g/mol. The van der Waals surface area contributed by atoms with Gasteiger partial charge in [0.2, 0.25) is 0 Å². The minimum Gasteiger partial charge on any atom is -0.305 e. The van der Waals surface area contributed by atoms with E-state index in [1.807, 2.05) is 0 Å². The number of hydrogen-bond donors (Lipinski definition) is 1. The molecule has 3 aromatic rings. The van der Waals surface area contributed by atoms with Crippen molar-refractivity contribution in [2.75, 3.05) is 0 Å². The van der Waals surface area contributed by atoms with E-state index in [-0.39, 0.29) is 12.2 Å². The summed E-state index contributed by atoms with van der Waals surface area (Å²) in [5, 5.41) is 0. The highest BCUT2D eigenvalue weighted by atomic mass is 19.4. The van der Waals surface area contributed by atoms with E-state index >= 15 is 0 Å². The molecule has 0 bridgehead atoms. The number of nitrogens with one attached hydrogen (secondary N) is 1. The molecule has 2 aromatic carbocycles. The number of imidazole rings is 1. The van der Waals surface area contributed by atoms with Gasteiger partial charge in [0.25, 0.3) is 0 Å². The quantitative estimate of drug-likeness (QED) is 0.708. The van der Waals surface area contributed by atoms with Crippen LogP contribution in [-0.4, -0.2) is 9.55 Å². The van der Waals surface area contributed by atoms with Gasteiger partial charge in [0.05, 0.1) is 23.1 Å². The average molecular weight is 330 g/mol. The Morgan fingerprint density at radius 3 is 2.58 bits per heavy atom. The van der Waals surface area contributed by atoms with Crippen LogP contribution in [0.3, 0.4) is 0 Å². The third-order valence-corrected chi connectivity index (χ3v) is 3.71. The minimum atomic E-state index is -4.39. The molecule has 1 heterocycles. The molecule has 0 aliphatic rings. The van der Waals surface area contributed by atoms with Crippen LogP contribution in [0.1, 0.15) is 12.5 Å². The number of nitrogens with zero attached hydrogens (tertiary/aromatic N) is 1. The van der Waals surface area contributed by atoms with E-state index in [0.717, 1.165) is 12.1 Å². The zero-order valence-electron chi connectivity index (χ0n) is 12.7. The normalized spacial score (nSPS) is 11.3. The molecule has 0 aliphatic heterocycles. The SMILES string of the molecule is CC#CCn1c(=O)[nH]c2cc(-c3cccc(C(F)(F)F)c3)ccc21. The maximum atomic E-state index is 12.8. The Morgan fingerprint density at radius 2 is 1.88 bits per heavy atom. The summed E-state index contributed by atoms with van der Waals surface area (Å²) in [4.78, 5) is 14.7. The molecule has 6 heteroatoms. The van der Waals surface area contributed by atoms with Gasteiger partial charge in [0.15, 0.2) is 0 Å². The molecular weight excluding hydrogens is 317 g/mol. The predicted octanol–water partition coefficient (Wildman–Crippen LogP) is 4.04. The third-order valence-electron chi connectivity index (χ3n) is 3.71. The molecule has 122 valence electrons. The number of benzene rings is 2. The lowest BCUT2D eigenvalue weighted by atomic mass is 10.0. The van der Waals surface area contributed by atoms with E-state index in [2.05, 4.69) is 16.8 Å². The summed E-state index contributed by atoms with van der Waals surface area (Å²) < 4.78 is 40.0. The molecule has 0 radical (unpaired) electrons. The van der Waals surface area contributed by atoms with Crippen LogP contribution in [0.5, 0.6) is 0 Å². The smallest absolute Gasteiger partial charge is 0.305 e. The molecular formula is C18H13F3N2O. The van der Waals surface area contributed by atoms with Crippen molar-refractivity contribution in [3.8, 4) is 23.0 Å². The van der Waals surface area contributed by atoms with Crippen LogP contribution in [0.15, 0.2) is 47.3 Å². The van der Waals surface area contributed by atoms with E-state index < -0.39 is 11.7 Å². The van der Waals surface area contributed by atoms with Crippen LogP contribution in [0.25, 0.3) is 22.2 Å². The Balaban J connectivity index is 2.09. The number of H-pyrrole nitrogens is 1. The number of halogens is 3. The predicted molar refractivity (Wildman–Crippen MR) is 86.4 cm³/mol. The molecule has 1 aromatic heterocycles. The highest BCUT2D eigenvalue weighted by Gasteiger charge is 2.30. The van der Waals surface area contributed by atoms with Gasteiger partial charge in [-0.25, -0.2) is 4.79 Å². The van der Waals surface area contributed by atoms with Crippen molar-refractivity contribution in [1.29, 1.82) is 0 Å². The first kappa shape index (κ1) is 15.9. The first-order valence-corrected chi connectivity index (χ1v) is 7.20. The highest BCUT2D eigenvalue weighted by Crippen LogP contribution is 2.32. The van der Waals surface area contributed by atoms with Gasteiger partial charge in [0.1, 0.15) is 0 Å². The largest absolute Gasteiger partial charge is 0.416 e. The summed E-state index contributed by atoms with van der Waals surface area (Å²) in [6.45, 7) is 1.95. The zero-order chi connectivity index (χ0) is 17.3. The fraction of sp³-hybridized carbons (Fsp3) is 0.167. The topological polar surface area (TPSA) is 37.8 Å². The molecule has 0 saturated carbocycles. The molecule has 0 spiro atoms. The number of hydrogen-bond acceptors (Lipinski definition) is 1. The number of fused-ring (bicyclic) bond motifs is 1. The second kappa shape index (κ2) is 5.93. The third kappa shape index (κ3) is 2.93. The van der Waals surface area contributed by atoms with Crippen LogP contribution in [-0.2, 0) is 12.7 Å². The van der Waals surface area contributed by atoms with Crippen LogP contribution in [0, 0.1) is 11.8 Å². The Morgan fingerprint density at radius 1 is 1.12 bits per heavy atom. The van der Waals surface area contributed by atoms with E-state index in [9.17, 15) is 18.0 Å². The van der Waals surface area contributed by atoms with Crippen molar-refractivity contribution in [2.45, 2.75) is 19.6 Å². The summed E-state index contributed by atoms with van der Waals surface area (Å²) in [6, 6.07) is 10.2. The number of alkyl halides is 3. The lowest BCUT2D eigenvalue weighted by molar-refractivity contribution is -0.137. The van der Waals surface area contributed by atoms with Crippen molar-refractivity contribution in [1.82, 2.24) is 9.55 Å². The van der Waals surface area contributed by atoms with Gasteiger partial charge in [-0.05, 0) is 42.3 Å². The van der Waals surface area contributed by atoms with Crippen molar-refractivity contribution < 1.29 is 13.2 Å². The van der Waals surface area contributed by atoms with Gasteiger partial charge in [0, 0.05) is 0 Å². The van der Waals surface area contributed by atoms with Crippen molar-refractivity contribution >= 4 is 11.0 Å². The summed E-state index contributed by atoms with van der Waals surface area (Å²) in [5.74, 6) is 5.55. The molecule has 3 rings (SSSR count). The van der Waals surface area contributed by atoms with Crippen LogP contribution in [0.4, 0.5) is 13.2 Å². The summed E-state index contributed by atoms with van der Waals surface area (Å²) >= 11 is 0. The molecule has 0 amide bonds. The van der Waals surface area contributed by atoms with E-state index in [0.29, 0.717) is 22.2 Å². The van der Waals surface area contributed by atoms with Gasteiger partial charge in [-0.2, -0.15) is 13.2 Å². The summed E-state index contributed by atoms with van der Waals surface area (Å²) in [7, 11) is 0. The Hall–Kier alpha value is -2.94. The van der Waals surface area contributed by atoms with Gasteiger partial charge >= 0.3 is 11.9 Å². The molecule has 0 atom stereocenters. The van der Waals surface area contributed by atoms with Gasteiger partial charge in [-0.3, -0.25) is 4.57 Å². The Labute approximate surface area is 135 Å². The minimum absolute atomic E-state index is 0.262. The van der Waals surface area contributed by atoms with Crippen molar-refractivity contribution in [3.63, 3.8) is 0 Å². The standard InChI is InChI=1S/C18H13F3N2O/c1-2-3-9-23-16-8-7-13(11-15(16)22-17(23)24)12-5-4-6-14(10-12)18(19,20)21/h4-8,10-11H,9H2,1H3,(H,22,24). The number of aromatic amines is 1. The first-order valence-electron chi connectivity index (χ1n) is 7.20. The molecule has 1 N–H and O–H groups in total. The lowest BCUT2D eigenvalue weighted by Crippen LogP contribution is -2.15. The maximum Gasteiger partial charge on any atom is 0.416 e. The second-order valence-corrected chi connectivity index (χ2v) is 5.25. The Kier molecular flexibility index (Phi) is 3.94. The highest BCUT2D eigenvalue weighted by molar-refractivity contribution is 5.82. The van der Waals surface area contributed by atoms with Crippen LogP contribution in [0.2, 0.25) is 0 Å². The van der Waals surface area contributed by atoms with Crippen molar-refractivity contribution in [3.05, 3.63) is 58.5 Å². The Bertz CT molecular complexity index is 1020. The van der Waals surface area contributed by atoms with Crippen LogP contribution >= 0.6 is 0 Å². The van der Waals surface area contributed by atoms with E-state index in [1.165, 1.54) is 10.6 Å². The van der Waals surface area contributed by atoms with Gasteiger partial charge in [-0.15, -0.1) is 5.92 Å². The summed E-state index contributed by atoms with van der Waals surface area (Å²) in [6.07, 6.45) is -4.39. The number of aromatic nitrogens is 2. The summed E-state index contributed by atoms with van der Waals surface area (Å²) in [5.41, 5.74) is 1.27. The zero-order valence-corrected chi connectivity index (χ0v) is 12.7. The molecule has 0 unspecified atom stereocenters. The average Bonchev–Trinajstić information content (AvgIpc) is 2.86.